The van der Waals surface area contributed by atoms with Crippen LogP contribution in [0.2, 0.25) is 0 Å². The number of nitrogens with zero attached hydrogens (tertiary/aromatic N) is 1. The number of likely N-dealkylation sites (tertiary alicyclic amines) is 1. The summed E-state index contributed by atoms with van der Waals surface area (Å²) in [6.07, 6.45) is 3.32. The number of carbonyl (C=O) groups excluding carboxylic acids is 1. The number of aliphatic hydroxyl groups is 1. The first-order chi connectivity index (χ1) is 10.1. The van der Waals surface area contributed by atoms with Gasteiger partial charge in [0.1, 0.15) is 5.82 Å². The zero-order chi connectivity index (χ0) is 15.2. The van der Waals surface area contributed by atoms with Gasteiger partial charge in [0.15, 0.2) is 0 Å². The van der Waals surface area contributed by atoms with Gasteiger partial charge in [0, 0.05) is 26.1 Å². The third kappa shape index (κ3) is 4.53. The Morgan fingerprint density at radius 1 is 1.43 bits per heavy atom. The van der Waals surface area contributed by atoms with Crippen molar-refractivity contribution in [3.05, 3.63) is 35.6 Å². The van der Waals surface area contributed by atoms with Gasteiger partial charge in [-0.2, -0.15) is 0 Å². The number of halogens is 1. The van der Waals surface area contributed by atoms with E-state index in [0.29, 0.717) is 12.3 Å². The van der Waals surface area contributed by atoms with Crippen LogP contribution in [0, 0.1) is 11.7 Å². The highest BCUT2D eigenvalue weighted by Crippen LogP contribution is 2.25. The minimum atomic E-state index is -0.247. The highest BCUT2D eigenvalue weighted by molar-refractivity contribution is 5.77. The van der Waals surface area contributed by atoms with Gasteiger partial charge in [-0.25, -0.2) is 4.39 Å². The van der Waals surface area contributed by atoms with Crippen molar-refractivity contribution >= 4 is 5.91 Å². The molecule has 1 aromatic carbocycles. The largest absolute Gasteiger partial charge is 0.396 e. The first kappa shape index (κ1) is 16.0. The van der Waals surface area contributed by atoms with Crippen LogP contribution in [-0.2, 0) is 4.79 Å². The fourth-order valence-corrected chi connectivity index (χ4v) is 2.97. The SMILES string of the molecule is C[C@H](CC(=O)N1CC[C@@H](CCCO)C1)c1ccc(F)cc1. The molecule has 4 heteroatoms. The Bertz CT molecular complexity index is 460. The average Bonchev–Trinajstić information content (AvgIpc) is 2.94. The fraction of sp³-hybridized carbons (Fsp3) is 0.588. The van der Waals surface area contributed by atoms with Gasteiger partial charge in [0.2, 0.25) is 5.91 Å². The predicted octanol–water partition coefficient (Wildman–Crippen LogP) is 2.94. The van der Waals surface area contributed by atoms with Crippen molar-refractivity contribution < 1.29 is 14.3 Å². The lowest BCUT2D eigenvalue weighted by Gasteiger charge is -2.19. The van der Waals surface area contributed by atoms with Crippen LogP contribution in [0.1, 0.15) is 44.1 Å². The lowest BCUT2D eigenvalue weighted by molar-refractivity contribution is -0.130. The summed E-state index contributed by atoms with van der Waals surface area (Å²) in [4.78, 5) is 14.3. The Labute approximate surface area is 125 Å². The van der Waals surface area contributed by atoms with Crippen molar-refractivity contribution in [2.75, 3.05) is 19.7 Å². The summed E-state index contributed by atoms with van der Waals surface area (Å²) in [5.74, 6) is 0.568. The zero-order valence-corrected chi connectivity index (χ0v) is 12.6. The number of benzene rings is 1. The maximum atomic E-state index is 12.9. The molecule has 21 heavy (non-hydrogen) atoms. The zero-order valence-electron chi connectivity index (χ0n) is 12.6. The van der Waals surface area contributed by atoms with Gasteiger partial charge in [-0.3, -0.25) is 4.79 Å². The Hall–Kier alpha value is -1.42. The third-order valence-electron chi connectivity index (χ3n) is 4.33. The maximum Gasteiger partial charge on any atom is 0.223 e. The topological polar surface area (TPSA) is 40.5 Å². The Morgan fingerprint density at radius 2 is 2.14 bits per heavy atom. The summed E-state index contributed by atoms with van der Waals surface area (Å²) in [5.41, 5.74) is 1.00. The maximum absolute atomic E-state index is 12.9. The normalized spacial score (nSPS) is 19.8. The van der Waals surface area contributed by atoms with E-state index >= 15 is 0 Å². The molecule has 116 valence electrons. The van der Waals surface area contributed by atoms with Crippen LogP contribution in [0.25, 0.3) is 0 Å². The summed E-state index contributed by atoms with van der Waals surface area (Å²) in [6.45, 7) is 3.87. The minimum absolute atomic E-state index is 0.106. The van der Waals surface area contributed by atoms with E-state index < -0.39 is 0 Å². The van der Waals surface area contributed by atoms with Crippen LogP contribution < -0.4 is 0 Å². The van der Waals surface area contributed by atoms with Crippen molar-refractivity contribution in [3.8, 4) is 0 Å². The van der Waals surface area contributed by atoms with Gasteiger partial charge >= 0.3 is 0 Å². The van der Waals surface area contributed by atoms with E-state index in [9.17, 15) is 9.18 Å². The van der Waals surface area contributed by atoms with Gasteiger partial charge in [-0.1, -0.05) is 19.1 Å². The number of hydrogen-bond donors (Lipinski definition) is 1. The number of amides is 1. The monoisotopic (exact) mass is 293 g/mol. The van der Waals surface area contributed by atoms with E-state index in [0.717, 1.165) is 37.9 Å². The molecule has 3 nitrogen and oxygen atoms in total. The van der Waals surface area contributed by atoms with E-state index in [-0.39, 0.29) is 24.2 Å². The van der Waals surface area contributed by atoms with Gasteiger partial charge < -0.3 is 10.0 Å². The molecule has 0 aliphatic carbocycles. The van der Waals surface area contributed by atoms with Gasteiger partial charge in [0.25, 0.3) is 0 Å². The summed E-state index contributed by atoms with van der Waals surface area (Å²) in [6, 6.07) is 6.39. The number of carbonyl (C=O) groups is 1. The van der Waals surface area contributed by atoms with E-state index in [1.807, 2.05) is 11.8 Å². The molecule has 1 fully saturated rings. The smallest absolute Gasteiger partial charge is 0.223 e. The lowest BCUT2D eigenvalue weighted by Crippen LogP contribution is -2.29. The van der Waals surface area contributed by atoms with Crippen LogP contribution >= 0.6 is 0 Å². The molecule has 0 spiro atoms. The highest BCUT2D eigenvalue weighted by atomic mass is 19.1. The summed E-state index contributed by atoms with van der Waals surface area (Å²) < 4.78 is 12.9. The molecule has 2 atom stereocenters. The van der Waals surface area contributed by atoms with Gasteiger partial charge in [-0.15, -0.1) is 0 Å². The molecule has 0 radical (unpaired) electrons. The van der Waals surface area contributed by atoms with Crippen LogP contribution in [0.5, 0.6) is 0 Å². The van der Waals surface area contributed by atoms with E-state index in [4.69, 9.17) is 5.11 Å². The minimum Gasteiger partial charge on any atom is -0.396 e. The van der Waals surface area contributed by atoms with E-state index in [1.54, 1.807) is 12.1 Å². The van der Waals surface area contributed by atoms with Gasteiger partial charge in [-0.05, 0) is 48.8 Å². The van der Waals surface area contributed by atoms with Crippen LogP contribution in [-0.4, -0.2) is 35.6 Å². The molecule has 1 saturated heterocycles. The Morgan fingerprint density at radius 3 is 2.81 bits per heavy atom. The summed E-state index contributed by atoms with van der Waals surface area (Å²) in [5, 5.41) is 8.86. The van der Waals surface area contributed by atoms with Crippen molar-refractivity contribution in [2.45, 2.75) is 38.5 Å². The van der Waals surface area contributed by atoms with Crippen molar-refractivity contribution in [1.29, 1.82) is 0 Å². The number of hydrogen-bond acceptors (Lipinski definition) is 2. The second-order valence-electron chi connectivity index (χ2n) is 6.02. The molecular weight excluding hydrogens is 269 g/mol. The molecule has 0 unspecified atom stereocenters. The average molecular weight is 293 g/mol. The molecule has 1 aromatic rings. The number of rotatable bonds is 6. The number of aliphatic hydroxyl groups excluding tert-OH is 1. The molecule has 0 aromatic heterocycles. The van der Waals surface area contributed by atoms with Crippen molar-refractivity contribution in [3.63, 3.8) is 0 Å². The molecule has 1 amide bonds. The standard InChI is InChI=1S/C17H24FNO2/c1-13(15-4-6-16(18)7-5-15)11-17(21)19-9-8-14(12-19)3-2-10-20/h4-7,13-14,20H,2-3,8-12H2,1H3/t13-,14-/m1/s1. The molecule has 1 aliphatic rings. The molecule has 0 bridgehead atoms. The predicted molar refractivity (Wildman–Crippen MR) is 80.4 cm³/mol. The fourth-order valence-electron chi connectivity index (χ4n) is 2.97. The molecule has 1 N–H and O–H groups in total. The van der Waals surface area contributed by atoms with Gasteiger partial charge in [0.05, 0.1) is 0 Å². The van der Waals surface area contributed by atoms with E-state index in [1.165, 1.54) is 12.1 Å². The first-order valence-electron chi connectivity index (χ1n) is 7.74. The Kier molecular flexibility index (Phi) is 5.74. The molecule has 1 aliphatic heterocycles. The molecular formula is C17H24FNO2. The second kappa shape index (κ2) is 7.55. The molecule has 2 rings (SSSR count). The van der Waals surface area contributed by atoms with Crippen LogP contribution in [0.15, 0.2) is 24.3 Å². The molecule has 1 heterocycles. The van der Waals surface area contributed by atoms with Crippen molar-refractivity contribution in [1.82, 2.24) is 4.90 Å². The lowest BCUT2D eigenvalue weighted by atomic mass is 9.97. The third-order valence-corrected chi connectivity index (χ3v) is 4.33. The van der Waals surface area contributed by atoms with Crippen LogP contribution in [0.4, 0.5) is 4.39 Å². The second-order valence-corrected chi connectivity index (χ2v) is 6.02. The van der Waals surface area contributed by atoms with Crippen molar-refractivity contribution in [2.24, 2.45) is 5.92 Å². The highest BCUT2D eigenvalue weighted by Gasteiger charge is 2.26. The summed E-state index contributed by atoms with van der Waals surface area (Å²) in [7, 11) is 0. The van der Waals surface area contributed by atoms with E-state index in [2.05, 4.69) is 0 Å². The molecule has 0 saturated carbocycles. The van der Waals surface area contributed by atoms with Crippen LogP contribution in [0.3, 0.4) is 0 Å². The quantitative estimate of drug-likeness (QED) is 0.876. The summed E-state index contributed by atoms with van der Waals surface area (Å²) >= 11 is 0. The Balaban J connectivity index is 1.83. The first-order valence-corrected chi connectivity index (χ1v) is 7.74.